The molecule has 2 aliphatic heterocycles. The third kappa shape index (κ3) is 4.97. The molecule has 2 aliphatic rings. The molecule has 1 saturated heterocycles. The molecule has 3 aromatic carbocycles. The third-order valence-electron chi connectivity index (χ3n) is 6.26. The van der Waals surface area contributed by atoms with E-state index in [1.165, 1.54) is 18.2 Å². The number of amides is 2. The summed E-state index contributed by atoms with van der Waals surface area (Å²) in [5, 5.41) is 2.82. The average Bonchev–Trinajstić information content (AvgIpc) is 3.24. The molecule has 3 aromatic rings. The molecule has 0 aliphatic carbocycles. The number of hydrogen-bond donors (Lipinski definition) is 1. The van der Waals surface area contributed by atoms with Gasteiger partial charge in [-0.25, -0.2) is 0 Å². The van der Waals surface area contributed by atoms with E-state index in [9.17, 15) is 22.8 Å². The van der Waals surface area contributed by atoms with Crippen molar-refractivity contribution in [3.8, 4) is 0 Å². The number of carbonyl (C=O) groups is 2. The zero-order valence-electron chi connectivity index (χ0n) is 19.2. The Morgan fingerprint density at radius 3 is 2.57 bits per heavy atom. The second-order valence-electron chi connectivity index (χ2n) is 8.66. The maximum Gasteiger partial charge on any atom is 0.416 e. The van der Waals surface area contributed by atoms with Crippen LogP contribution in [0.25, 0.3) is 6.08 Å². The first-order chi connectivity index (χ1) is 17.6. The number of nitrogens with zero attached hydrogens (tertiary/aromatic N) is 2. The molecule has 10 heteroatoms. The van der Waals surface area contributed by atoms with E-state index in [-0.39, 0.29) is 16.4 Å². The number of nitrogens with one attached hydrogen (secondary N) is 1. The predicted molar refractivity (Wildman–Crippen MR) is 140 cm³/mol. The first-order valence-electron chi connectivity index (χ1n) is 11.3. The van der Waals surface area contributed by atoms with Crippen LogP contribution < -0.4 is 15.1 Å². The molecule has 1 fully saturated rings. The second kappa shape index (κ2) is 9.64. The van der Waals surface area contributed by atoms with Gasteiger partial charge in [0.05, 0.1) is 11.3 Å². The molecular formula is C27H19ClF3N3O2S. The van der Waals surface area contributed by atoms with Crippen molar-refractivity contribution >= 4 is 58.2 Å². The van der Waals surface area contributed by atoms with E-state index < -0.39 is 23.6 Å². The zero-order valence-corrected chi connectivity index (χ0v) is 20.8. The number of alkyl halides is 3. The SMILES string of the molecule is O=C1NC(=S)N(c2cccc(C(F)(F)F)c2)C(=O)C1=Cc1ccc2c(c1)CCN2Cc1ccccc1Cl. The van der Waals surface area contributed by atoms with E-state index in [1.807, 2.05) is 36.4 Å². The van der Waals surface area contributed by atoms with Gasteiger partial charge in [-0.3, -0.25) is 19.8 Å². The summed E-state index contributed by atoms with van der Waals surface area (Å²) in [5.74, 6) is -1.51. The van der Waals surface area contributed by atoms with Crippen LogP contribution in [0.2, 0.25) is 5.02 Å². The number of fused-ring (bicyclic) bond motifs is 1. The Balaban J connectivity index is 1.42. The monoisotopic (exact) mass is 541 g/mol. The van der Waals surface area contributed by atoms with Crippen molar-refractivity contribution in [2.45, 2.75) is 19.1 Å². The quantitative estimate of drug-likeness (QED) is 0.259. The van der Waals surface area contributed by atoms with Crippen molar-refractivity contribution in [3.63, 3.8) is 0 Å². The minimum Gasteiger partial charge on any atom is -0.367 e. The highest BCUT2D eigenvalue weighted by Gasteiger charge is 2.36. The van der Waals surface area contributed by atoms with Crippen LogP contribution in [0.1, 0.15) is 22.3 Å². The number of hydrogen-bond acceptors (Lipinski definition) is 4. The molecule has 0 aromatic heterocycles. The minimum absolute atomic E-state index is 0.0834. The summed E-state index contributed by atoms with van der Waals surface area (Å²) in [6.45, 7) is 1.44. The summed E-state index contributed by atoms with van der Waals surface area (Å²) < 4.78 is 39.6. The van der Waals surface area contributed by atoms with Crippen LogP contribution in [-0.2, 0) is 28.7 Å². The fourth-order valence-corrected chi connectivity index (χ4v) is 4.93. The standard InChI is InChI=1S/C27H19ClF3N3O2S/c28-22-7-2-1-4-18(22)15-33-11-10-17-12-16(8-9-23(17)33)13-21-24(35)32-26(37)34(25(21)36)20-6-3-5-19(14-20)27(29,30)31/h1-9,12-14H,10-11,15H2,(H,32,35,37). The van der Waals surface area contributed by atoms with Gasteiger partial charge in [0.25, 0.3) is 11.8 Å². The molecule has 2 amide bonds. The van der Waals surface area contributed by atoms with Gasteiger partial charge in [-0.1, -0.05) is 41.9 Å². The highest BCUT2D eigenvalue weighted by atomic mass is 35.5. The molecule has 0 radical (unpaired) electrons. The van der Waals surface area contributed by atoms with Gasteiger partial charge < -0.3 is 4.90 Å². The smallest absolute Gasteiger partial charge is 0.367 e. The van der Waals surface area contributed by atoms with Crippen molar-refractivity contribution in [1.29, 1.82) is 0 Å². The maximum atomic E-state index is 13.2. The lowest BCUT2D eigenvalue weighted by atomic mass is 10.0. The largest absolute Gasteiger partial charge is 0.416 e. The average molecular weight is 542 g/mol. The van der Waals surface area contributed by atoms with Crippen LogP contribution in [0.4, 0.5) is 24.5 Å². The summed E-state index contributed by atoms with van der Waals surface area (Å²) in [4.78, 5) is 29.0. The Bertz CT molecular complexity index is 1470. The number of carbonyl (C=O) groups excluding carboxylic acids is 2. The van der Waals surface area contributed by atoms with E-state index in [1.54, 1.807) is 6.07 Å². The predicted octanol–water partition coefficient (Wildman–Crippen LogP) is 5.75. The van der Waals surface area contributed by atoms with E-state index in [2.05, 4.69) is 10.2 Å². The van der Waals surface area contributed by atoms with E-state index >= 15 is 0 Å². The Kier molecular flexibility index (Phi) is 6.51. The first-order valence-corrected chi connectivity index (χ1v) is 12.1. The molecule has 2 heterocycles. The van der Waals surface area contributed by atoms with Gasteiger partial charge in [-0.2, -0.15) is 13.2 Å². The molecule has 0 spiro atoms. The van der Waals surface area contributed by atoms with Gasteiger partial charge in [-0.15, -0.1) is 0 Å². The van der Waals surface area contributed by atoms with Crippen LogP contribution in [0.3, 0.4) is 0 Å². The van der Waals surface area contributed by atoms with Crippen molar-refractivity contribution < 1.29 is 22.8 Å². The topological polar surface area (TPSA) is 52.7 Å². The maximum absolute atomic E-state index is 13.2. The summed E-state index contributed by atoms with van der Waals surface area (Å²) in [6.07, 6.45) is -2.39. The molecule has 0 saturated carbocycles. The fraction of sp³-hybridized carbons (Fsp3) is 0.148. The second-order valence-corrected chi connectivity index (χ2v) is 9.45. The normalized spacial score (nSPS) is 16.9. The summed E-state index contributed by atoms with van der Waals surface area (Å²) in [6, 6.07) is 17.5. The fourth-order valence-electron chi connectivity index (χ4n) is 4.46. The van der Waals surface area contributed by atoms with Gasteiger partial charge in [0.15, 0.2) is 5.11 Å². The Labute approximate surface area is 221 Å². The van der Waals surface area contributed by atoms with E-state index in [0.717, 1.165) is 46.8 Å². The Hall–Kier alpha value is -3.69. The molecular weight excluding hydrogens is 523 g/mol. The molecule has 0 atom stereocenters. The molecule has 5 nitrogen and oxygen atoms in total. The number of thiocarbonyl (C=S) groups is 1. The first kappa shape index (κ1) is 25.0. The third-order valence-corrected chi connectivity index (χ3v) is 6.91. The van der Waals surface area contributed by atoms with Gasteiger partial charge in [-0.05, 0) is 77.8 Å². The molecule has 0 bridgehead atoms. The van der Waals surface area contributed by atoms with Crippen molar-refractivity contribution in [3.05, 3.63) is 99.6 Å². The Morgan fingerprint density at radius 1 is 1.03 bits per heavy atom. The van der Waals surface area contributed by atoms with E-state index in [4.69, 9.17) is 23.8 Å². The van der Waals surface area contributed by atoms with Crippen LogP contribution >= 0.6 is 23.8 Å². The minimum atomic E-state index is -4.59. The van der Waals surface area contributed by atoms with Gasteiger partial charge in [0.1, 0.15) is 5.57 Å². The zero-order chi connectivity index (χ0) is 26.3. The van der Waals surface area contributed by atoms with Gasteiger partial charge >= 0.3 is 6.18 Å². The van der Waals surface area contributed by atoms with E-state index in [0.29, 0.717) is 17.1 Å². The van der Waals surface area contributed by atoms with Crippen LogP contribution in [0.5, 0.6) is 0 Å². The highest BCUT2D eigenvalue weighted by molar-refractivity contribution is 7.80. The summed E-state index contributed by atoms with van der Waals surface area (Å²) in [7, 11) is 0. The number of benzene rings is 3. The van der Waals surface area contributed by atoms with Gasteiger partial charge in [0.2, 0.25) is 0 Å². The van der Waals surface area contributed by atoms with Crippen LogP contribution in [0.15, 0.2) is 72.3 Å². The molecule has 0 unspecified atom stereocenters. The Morgan fingerprint density at radius 2 is 1.81 bits per heavy atom. The lowest BCUT2D eigenvalue weighted by molar-refractivity contribution is -0.137. The van der Waals surface area contributed by atoms with Crippen molar-refractivity contribution in [2.24, 2.45) is 0 Å². The molecule has 5 rings (SSSR count). The lowest BCUT2D eigenvalue weighted by Crippen LogP contribution is -2.54. The van der Waals surface area contributed by atoms with Crippen molar-refractivity contribution in [2.75, 3.05) is 16.3 Å². The number of rotatable bonds is 4. The highest BCUT2D eigenvalue weighted by Crippen LogP contribution is 2.34. The molecule has 1 N–H and O–H groups in total. The number of halogens is 4. The molecule has 37 heavy (non-hydrogen) atoms. The summed E-state index contributed by atoms with van der Waals surface area (Å²) in [5.41, 5.74) is 2.48. The van der Waals surface area contributed by atoms with Crippen LogP contribution in [-0.4, -0.2) is 23.5 Å². The van der Waals surface area contributed by atoms with Crippen molar-refractivity contribution in [1.82, 2.24) is 5.32 Å². The number of anilines is 2. The van der Waals surface area contributed by atoms with Crippen LogP contribution in [0, 0.1) is 0 Å². The molecule has 188 valence electrons. The van der Waals surface area contributed by atoms with Gasteiger partial charge in [0, 0.05) is 23.8 Å². The summed E-state index contributed by atoms with van der Waals surface area (Å²) >= 11 is 11.4. The lowest BCUT2D eigenvalue weighted by Gasteiger charge is -2.29.